The second kappa shape index (κ2) is 8.47. The molecule has 0 aromatic heterocycles. The van der Waals surface area contributed by atoms with Crippen molar-refractivity contribution < 1.29 is 17.6 Å². The molecule has 4 rings (SSSR count). The van der Waals surface area contributed by atoms with Crippen LogP contribution in [0.15, 0.2) is 47.4 Å². The predicted molar refractivity (Wildman–Crippen MR) is 113 cm³/mol. The van der Waals surface area contributed by atoms with Crippen LogP contribution in [0.3, 0.4) is 0 Å². The highest BCUT2D eigenvalue weighted by atomic mass is 32.2. The molecule has 1 N–H and O–H groups in total. The zero-order chi connectivity index (χ0) is 21.3. The number of hydrogen-bond donors (Lipinski definition) is 1. The molecule has 0 saturated carbocycles. The quantitative estimate of drug-likeness (QED) is 0.788. The molecule has 5 nitrogen and oxygen atoms in total. The third-order valence-electron chi connectivity index (χ3n) is 6.19. The first-order valence-electron chi connectivity index (χ1n) is 10.5. The van der Waals surface area contributed by atoms with Gasteiger partial charge >= 0.3 is 0 Å². The zero-order valence-corrected chi connectivity index (χ0v) is 17.9. The smallest absolute Gasteiger partial charge is 0.243 e. The fourth-order valence-corrected chi connectivity index (χ4v) is 5.93. The number of piperidine rings is 1. The Morgan fingerprint density at radius 3 is 2.60 bits per heavy atom. The van der Waals surface area contributed by atoms with Crippen LogP contribution in [-0.4, -0.2) is 31.7 Å². The van der Waals surface area contributed by atoms with Gasteiger partial charge in [-0.3, -0.25) is 4.79 Å². The number of rotatable bonds is 5. The highest BCUT2D eigenvalue weighted by Crippen LogP contribution is 2.27. The van der Waals surface area contributed by atoms with Crippen molar-refractivity contribution in [2.24, 2.45) is 5.92 Å². The van der Waals surface area contributed by atoms with Crippen molar-refractivity contribution in [1.29, 1.82) is 0 Å². The van der Waals surface area contributed by atoms with Gasteiger partial charge in [-0.15, -0.1) is 0 Å². The largest absolute Gasteiger partial charge is 0.349 e. The van der Waals surface area contributed by atoms with E-state index in [9.17, 15) is 17.6 Å². The van der Waals surface area contributed by atoms with Gasteiger partial charge in [0, 0.05) is 13.1 Å². The van der Waals surface area contributed by atoms with Crippen molar-refractivity contribution in [2.45, 2.75) is 50.0 Å². The highest BCUT2D eigenvalue weighted by Gasteiger charge is 2.33. The number of carbonyl (C=O) groups is 1. The number of carbonyl (C=O) groups excluding carboxylic acids is 1. The third-order valence-corrected chi connectivity index (χ3v) is 8.07. The molecule has 2 aromatic rings. The van der Waals surface area contributed by atoms with Crippen molar-refractivity contribution in [1.82, 2.24) is 9.62 Å². The fraction of sp³-hybridized carbons (Fsp3) is 0.435. The summed E-state index contributed by atoms with van der Waals surface area (Å²) >= 11 is 0. The second-order valence-corrected chi connectivity index (χ2v) is 10.2. The second-order valence-electron chi connectivity index (χ2n) is 8.27. The van der Waals surface area contributed by atoms with Crippen LogP contribution in [0.25, 0.3) is 0 Å². The number of halogens is 1. The Hall–Kier alpha value is -2.25. The number of amides is 1. The first-order valence-corrected chi connectivity index (χ1v) is 12.0. The summed E-state index contributed by atoms with van der Waals surface area (Å²) in [5.74, 6) is -1.00. The van der Waals surface area contributed by atoms with E-state index in [2.05, 4.69) is 23.5 Å². The van der Waals surface area contributed by atoms with E-state index in [-0.39, 0.29) is 23.4 Å². The van der Waals surface area contributed by atoms with E-state index in [4.69, 9.17) is 0 Å². The Morgan fingerprint density at radius 1 is 1.10 bits per heavy atom. The normalized spacial score (nSPS) is 20.5. The lowest BCUT2D eigenvalue weighted by Crippen LogP contribution is -2.45. The first kappa shape index (κ1) is 21.0. The molecule has 0 spiro atoms. The van der Waals surface area contributed by atoms with E-state index in [1.54, 1.807) is 0 Å². The molecule has 1 heterocycles. The van der Waals surface area contributed by atoms with Crippen LogP contribution in [0.5, 0.6) is 0 Å². The molecule has 1 saturated heterocycles. The van der Waals surface area contributed by atoms with Gasteiger partial charge in [0.15, 0.2) is 0 Å². The van der Waals surface area contributed by atoms with Crippen LogP contribution >= 0.6 is 0 Å². The minimum absolute atomic E-state index is 0.0523. The summed E-state index contributed by atoms with van der Waals surface area (Å²) < 4.78 is 40.3. The molecule has 2 aromatic carbocycles. The summed E-state index contributed by atoms with van der Waals surface area (Å²) in [7, 11) is -3.75. The standard InChI is InChI=1S/C23H27FN2O3S/c1-16(18-8-7-17-4-2-5-19(17)14-18)25-23(27)20-6-3-13-26(15-20)30(28,29)22-11-9-21(24)10-12-22/h7-12,14,16,20H,2-6,13,15H2,1H3,(H,25,27)/t16-,20+/m0/s1. The maximum Gasteiger partial charge on any atom is 0.243 e. The lowest BCUT2D eigenvalue weighted by molar-refractivity contribution is -0.126. The third kappa shape index (κ3) is 4.27. The van der Waals surface area contributed by atoms with Crippen LogP contribution in [0.4, 0.5) is 4.39 Å². The fourth-order valence-electron chi connectivity index (χ4n) is 4.41. The molecule has 2 atom stereocenters. The molecule has 160 valence electrons. The maximum atomic E-state index is 13.2. The van der Waals surface area contributed by atoms with Gasteiger partial charge in [0.05, 0.1) is 16.9 Å². The average molecular weight is 431 g/mol. The average Bonchev–Trinajstić information content (AvgIpc) is 3.22. The van der Waals surface area contributed by atoms with Crippen LogP contribution in [0.2, 0.25) is 0 Å². The van der Waals surface area contributed by atoms with E-state index < -0.39 is 21.8 Å². The van der Waals surface area contributed by atoms with Gasteiger partial charge in [-0.05, 0) is 80.0 Å². The van der Waals surface area contributed by atoms with Crippen LogP contribution in [0.1, 0.15) is 48.9 Å². The van der Waals surface area contributed by atoms with Crippen molar-refractivity contribution in [3.05, 3.63) is 65.0 Å². The van der Waals surface area contributed by atoms with Crippen LogP contribution in [-0.2, 0) is 27.7 Å². The van der Waals surface area contributed by atoms with Gasteiger partial charge in [0.2, 0.25) is 15.9 Å². The van der Waals surface area contributed by atoms with Gasteiger partial charge in [-0.1, -0.05) is 18.2 Å². The Bertz CT molecular complexity index is 1040. The molecule has 1 aliphatic carbocycles. The predicted octanol–water partition coefficient (Wildman–Crippen LogP) is 3.59. The molecule has 1 aliphatic heterocycles. The topological polar surface area (TPSA) is 66.5 Å². The van der Waals surface area contributed by atoms with Gasteiger partial charge < -0.3 is 5.32 Å². The molecule has 0 unspecified atom stereocenters. The van der Waals surface area contributed by atoms with E-state index in [0.717, 1.165) is 30.5 Å². The molecule has 1 amide bonds. The lowest BCUT2D eigenvalue weighted by atomic mass is 9.97. The molecule has 30 heavy (non-hydrogen) atoms. The van der Waals surface area contributed by atoms with Crippen LogP contribution in [0, 0.1) is 11.7 Å². The summed E-state index contributed by atoms with van der Waals surface area (Å²) in [5, 5.41) is 3.07. The molecular formula is C23H27FN2O3S. The van der Waals surface area contributed by atoms with E-state index in [1.165, 1.54) is 34.0 Å². The minimum Gasteiger partial charge on any atom is -0.349 e. The number of fused-ring (bicyclic) bond motifs is 1. The van der Waals surface area contributed by atoms with Crippen molar-refractivity contribution in [3.63, 3.8) is 0 Å². The van der Waals surface area contributed by atoms with Crippen molar-refractivity contribution in [2.75, 3.05) is 13.1 Å². The Kier molecular flexibility index (Phi) is 5.93. The van der Waals surface area contributed by atoms with Crippen molar-refractivity contribution in [3.8, 4) is 0 Å². The molecule has 2 aliphatic rings. The molecule has 0 radical (unpaired) electrons. The van der Waals surface area contributed by atoms with Gasteiger partial charge in [-0.25, -0.2) is 12.8 Å². The maximum absolute atomic E-state index is 13.2. The molecule has 0 bridgehead atoms. The zero-order valence-electron chi connectivity index (χ0n) is 17.1. The van der Waals surface area contributed by atoms with E-state index in [0.29, 0.717) is 19.4 Å². The summed E-state index contributed by atoms with van der Waals surface area (Å²) in [6.45, 7) is 2.47. The summed E-state index contributed by atoms with van der Waals surface area (Å²) in [6, 6.07) is 11.1. The summed E-state index contributed by atoms with van der Waals surface area (Å²) in [5.41, 5.74) is 3.84. The van der Waals surface area contributed by atoms with Gasteiger partial charge in [0.25, 0.3) is 0 Å². The number of benzene rings is 2. The van der Waals surface area contributed by atoms with Gasteiger partial charge in [0.1, 0.15) is 5.82 Å². The van der Waals surface area contributed by atoms with Crippen LogP contribution < -0.4 is 5.32 Å². The molecule has 1 fully saturated rings. The minimum atomic E-state index is -3.75. The summed E-state index contributed by atoms with van der Waals surface area (Å²) in [6.07, 6.45) is 4.66. The number of aryl methyl sites for hydroxylation is 2. The monoisotopic (exact) mass is 430 g/mol. The molecular weight excluding hydrogens is 403 g/mol. The number of hydrogen-bond acceptors (Lipinski definition) is 3. The van der Waals surface area contributed by atoms with E-state index >= 15 is 0 Å². The highest BCUT2D eigenvalue weighted by molar-refractivity contribution is 7.89. The van der Waals surface area contributed by atoms with Gasteiger partial charge in [-0.2, -0.15) is 4.31 Å². The Morgan fingerprint density at radius 2 is 1.83 bits per heavy atom. The first-order chi connectivity index (χ1) is 14.3. The number of sulfonamides is 1. The number of nitrogens with one attached hydrogen (secondary N) is 1. The Labute approximate surface area is 177 Å². The lowest BCUT2D eigenvalue weighted by Gasteiger charge is -2.32. The molecule has 7 heteroatoms. The Balaban J connectivity index is 1.42. The number of nitrogens with zero attached hydrogens (tertiary/aromatic N) is 1. The summed E-state index contributed by atoms with van der Waals surface area (Å²) in [4.78, 5) is 12.9. The SMILES string of the molecule is C[C@H](NC(=O)[C@@H]1CCCN(S(=O)(=O)c2ccc(F)cc2)C1)c1ccc2c(c1)CCC2. The van der Waals surface area contributed by atoms with Crippen molar-refractivity contribution >= 4 is 15.9 Å². The van der Waals surface area contributed by atoms with E-state index in [1.807, 2.05) is 6.92 Å².